The standard InChI is InChI=1S/C26H26N4O3/c1-3-29(4-2)21-7-5-19(6-8-21)23-22(24(31)20-11-15-28-16-12-20)25(32)26(33)30(23)17-18-9-13-27-14-10-18/h5-16,23,31H,3-4,17H2,1-2H3/b24-22-. The highest BCUT2D eigenvalue weighted by Gasteiger charge is 2.46. The molecule has 2 aromatic heterocycles. The molecule has 1 N–H and O–H groups in total. The number of likely N-dealkylation sites (tertiary alicyclic amines) is 1. The number of nitrogens with zero attached hydrogens (tertiary/aromatic N) is 4. The number of Topliss-reactive ketones (excluding diaryl/α,β-unsaturated/α-hetero) is 1. The van der Waals surface area contributed by atoms with Gasteiger partial charge in [0.15, 0.2) is 0 Å². The largest absolute Gasteiger partial charge is 0.507 e. The van der Waals surface area contributed by atoms with Crippen LogP contribution in [0.5, 0.6) is 0 Å². The van der Waals surface area contributed by atoms with E-state index in [1.807, 2.05) is 36.4 Å². The lowest BCUT2D eigenvalue weighted by Gasteiger charge is -2.26. The van der Waals surface area contributed by atoms with Crippen molar-refractivity contribution in [2.75, 3.05) is 18.0 Å². The Morgan fingerprint density at radius 3 is 2.06 bits per heavy atom. The van der Waals surface area contributed by atoms with E-state index in [1.54, 1.807) is 24.5 Å². The van der Waals surface area contributed by atoms with Crippen molar-refractivity contribution in [2.24, 2.45) is 0 Å². The Hall–Kier alpha value is -4.00. The van der Waals surface area contributed by atoms with E-state index in [1.165, 1.54) is 17.3 Å². The summed E-state index contributed by atoms with van der Waals surface area (Å²) < 4.78 is 0. The molecule has 0 radical (unpaired) electrons. The van der Waals surface area contributed by atoms with Gasteiger partial charge >= 0.3 is 0 Å². The van der Waals surface area contributed by atoms with Gasteiger partial charge in [-0.2, -0.15) is 0 Å². The molecule has 0 aliphatic carbocycles. The molecular weight excluding hydrogens is 416 g/mol. The molecule has 1 saturated heterocycles. The fourth-order valence-electron chi connectivity index (χ4n) is 4.20. The van der Waals surface area contributed by atoms with Crippen LogP contribution in [0.4, 0.5) is 5.69 Å². The zero-order valence-corrected chi connectivity index (χ0v) is 18.7. The molecule has 0 bridgehead atoms. The van der Waals surface area contributed by atoms with Crippen molar-refractivity contribution in [3.63, 3.8) is 0 Å². The monoisotopic (exact) mass is 442 g/mol. The van der Waals surface area contributed by atoms with Crippen molar-refractivity contribution in [1.82, 2.24) is 14.9 Å². The molecule has 168 valence electrons. The number of carbonyl (C=O) groups is 2. The van der Waals surface area contributed by atoms with Gasteiger partial charge in [-0.1, -0.05) is 12.1 Å². The smallest absolute Gasteiger partial charge is 0.295 e. The van der Waals surface area contributed by atoms with Crippen LogP contribution >= 0.6 is 0 Å². The second-order valence-electron chi connectivity index (χ2n) is 7.78. The van der Waals surface area contributed by atoms with Gasteiger partial charge in [0.25, 0.3) is 11.7 Å². The molecule has 7 nitrogen and oxygen atoms in total. The quantitative estimate of drug-likeness (QED) is 0.339. The zero-order chi connectivity index (χ0) is 23.4. The lowest BCUT2D eigenvalue weighted by Crippen LogP contribution is -2.29. The highest BCUT2D eigenvalue weighted by atomic mass is 16.3. The highest BCUT2D eigenvalue weighted by Crippen LogP contribution is 2.40. The van der Waals surface area contributed by atoms with E-state index >= 15 is 0 Å². The predicted molar refractivity (Wildman–Crippen MR) is 126 cm³/mol. The summed E-state index contributed by atoms with van der Waals surface area (Å²) in [6.07, 6.45) is 6.37. The number of aliphatic hydroxyl groups excluding tert-OH is 1. The van der Waals surface area contributed by atoms with Gasteiger partial charge in [-0.15, -0.1) is 0 Å². The average molecular weight is 443 g/mol. The molecule has 1 aliphatic rings. The van der Waals surface area contributed by atoms with Crippen molar-refractivity contribution < 1.29 is 14.7 Å². The summed E-state index contributed by atoms with van der Waals surface area (Å²) in [7, 11) is 0. The first-order valence-electron chi connectivity index (χ1n) is 11.0. The molecule has 4 rings (SSSR count). The number of aromatic nitrogens is 2. The van der Waals surface area contributed by atoms with Gasteiger partial charge in [-0.05, 0) is 61.4 Å². The second kappa shape index (κ2) is 9.65. The third-order valence-electron chi connectivity index (χ3n) is 5.93. The second-order valence-corrected chi connectivity index (χ2v) is 7.78. The minimum Gasteiger partial charge on any atom is -0.507 e. The molecule has 1 unspecified atom stereocenters. The molecule has 3 aromatic rings. The van der Waals surface area contributed by atoms with Gasteiger partial charge in [0.05, 0.1) is 11.6 Å². The van der Waals surface area contributed by atoms with E-state index < -0.39 is 17.7 Å². The van der Waals surface area contributed by atoms with Crippen LogP contribution in [0.15, 0.2) is 78.9 Å². The maximum atomic E-state index is 13.1. The fraction of sp³-hybridized carbons (Fsp3) is 0.231. The van der Waals surface area contributed by atoms with Crippen LogP contribution in [0.3, 0.4) is 0 Å². The molecule has 33 heavy (non-hydrogen) atoms. The zero-order valence-electron chi connectivity index (χ0n) is 18.7. The summed E-state index contributed by atoms with van der Waals surface area (Å²) in [6, 6.07) is 14.0. The minimum absolute atomic E-state index is 0.0795. The molecule has 7 heteroatoms. The van der Waals surface area contributed by atoms with Crippen LogP contribution in [-0.2, 0) is 16.1 Å². The molecule has 1 amide bonds. The topological polar surface area (TPSA) is 86.6 Å². The average Bonchev–Trinajstić information content (AvgIpc) is 3.11. The number of pyridine rings is 2. The minimum atomic E-state index is -0.711. The normalized spacial score (nSPS) is 17.4. The third kappa shape index (κ3) is 4.35. The number of hydrogen-bond donors (Lipinski definition) is 1. The molecule has 0 saturated carbocycles. The predicted octanol–water partition coefficient (Wildman–Crippen LogP) is 3.94. The summed E-state index contributed by atoms with van der Waals surface area (Å²) >= 11 is 0. The number of hydrogen-bond acceptors (Lipinski definition) is 6. The van der Waals surface area contributed by atoms with Gasteiger partial charge in [-0.3, -0.25) is 19.6 Å². The van der Waals surface area contributed by atoms with Crippen LogP contribution in [0.2, 0.25) is 0 Å². The first-order valence-corrected chi connectivity index (χ1v) is 11.0. The van der Waals surface area contributed by atoms with Crippen molar-refractivity contribution in [3.05, 3.63) is 95.6 Å². The number of carbonyl (C=O) groups excluding carboxylic acids is 2. The van der Waals surface area contributed by atoms with Gasteiger partial charge in [0.1, 0.15) is 5.76 Å². The van der Waals surface area contributed by atoms with E-state index in [2.05, 4.69) is 28.7 Å². The van der Waals surface area contributed by atoms with Gasteiger partial charge in [0, 0.05) is 55.7 Å². The fourth-order valence-corrected chi connectivity index (χ4v) is 4.20. The van der Waals surface area contributed by atoms with Crippen LogP contribution in [-0.4, -0.2) is 44.8 Å². The Morgan fingerprint density at radius 1 is 0.909 bits per heavy atom. The first-order chi connectivity index (χ1) is 16.0. The van der Waals surface area contributed by atoms with E-state index in [0.29, 0.717) is 5.56 Å². The Balaban J connectivity index is 1.82. The number of aliphatic hydroxyl groups is 1. The summed E-state index contributed by atoms with van der Waals surface area (Å²) in [5.74, 6) is -1.54. The molecule has 1 aromatic carbocycles. The lowest BCUT2D eigenvalue weighted by atomic mass is 9.95. The Kier molecular flexibility index (Phi) is 6.49. The van der Waals surface area contributed by atoms with Crippen molar-refractivity contribution in [3.8, 4) is 0 Å². The summed E-state index contributed by atoms with van der Waals surface area (Å²) in [5.41, 5.74) is 3.19. The maximum Gasteiger partial charge on any atom is 0.295 e. The van der Waals surface area contributed by atoms with Gasteiger partial charge in [-0.25, -0.2) is 0 Å². The lowest BCUT2D eigenvalue weighted by molar-refractivity contribution is -0.140. The molecular formula is C26H26N4O3. The highest BCUT2D eigenvalue weighted by molar-refractivity contribution is 6.46. The van der Waals surface area contributed by atoms with E-state index in [4.69, 9.17) is 0 Å². The van der Waals surface area contributed by atoms with Crippen LogP contribution in [0.1, 0.15) is 36.6 Å². The number of anilines is 1. The van der Waals surface area contributed by atoms with E-state index in [9.17, 15) is 14.7 Å². The summed E-state index contributed by atoms with van der Waals surface area (Å²) in [6.45, 7) is 6.16. The van der Waals surface area contributed by atoms with E-state index in [-0.39, 0.29) is 17.9 Å². The van der Waals surface area contributed by atoms with E-state index in [0.717, 1.165) is 29.9 Å². The Labute approximate surface area is 193 Å². The first kappa shape index (κ1) is 22.2. The maximum absolute atomic E-state index is 13.1. The van der Waals surface area contributed by atoms with Gasteiger partial charge in [0.2, 0.25) is 0 Å². The van der Waals surface area contributed by atoms with Crippen LogP contribution in [0, 0.1) is 0 Å². The number of benzene rings is 1. The summed E-state index contributed by atoms with van der Waals surface area (Å²) in [4.78, 5) is 38.0. The van der Waals surface area contributed by atoms with Crippen molar-refractivity contribution in [1.29, 1.82) is 0 Å². The number of amides is 1. The molecule has 1 fully saturated rings. The Morgan fingerprint density at radius 2 is 1.48 bits per heavy atom. The number of ketones is 1. The number of rotatable bonds is 7. The van der Waals surface area contributed by atoms with Gasteiger partial charge < -0.3 is 14.9 Å². The Bertz CT molecular complexity index is 1160. The SMILES string of the molecule is CCN(CC)c1ccc(C2/C(=C(/O)c3ccncc3)C(=O)C(=O)N2Cc2ccncc2)cc1. The molecule has 3 heterocycles. The summed E-state index contributed by atoms with van der Waals surface area (Å²) in [5, 5.41) is 11.1. The molecule has 1 aliphatic heterocycles. The van der Waals surface area contributed by atoms with Crippen LogP contribution < -0.4 is 4.90 Å². The molecule has 1 atom stereocenters. The van der Waals surface area contributed by atoms with Crippen LogP contribution in [0.25, 0.3) is 5.76 Å². The van der Waals surface area contributed by atoms with Crippen molar-refractivity contribution in [2.45, 2.75) is 26.4 Å². The third-order valence-corrected chi connectivity index (χ3v) is 5.93. The van der Waals surface area contributed by atoms with Crippen molar-refractivity contribution >= 4 is 23.1 Å². The molecule has 0 spiro atoms.